The molecule has 1 unspecified atom stereocenters. The summed E-state index contributed by atoms with van der Waals surface area (Å²) >= 11 is 0. The van der Waals surface area contributed by atoms with E-state index in [-0.39, 0.29) is 18.6 Å². The van der Waals surface area contributed by atoms with Crippen molar-refractivity contribution in [1.82, 2.24) is 20.5 Å². The van der Waals surface area contributed by atoms with Gasteiger partial charge < -0.3 is 14.8 Å². The van der Waals surface area contributed by atoms with Crippen LogP contribution in [0.15, 0.2) is 30.6 Å². The standard InChI is InChI=1S/C13H16N4O3/c1-9(13-14-8-15-17-13)16-12(18)7-20-11-5-3-10(19-2)4-6-11/h3-6,8-9H,7H2,1-2H3,(H,16,18)(H,14,15,17). The van der Waals surface area contributed by atoms with Crippen molar-refractivity contribution in [3.8, 4) is 11.5 Å². The van der Waals surface area contributed by atoms with E-state index in [9.17, 15) is 4.79 Å². The largest absolute Gasteiger partial charge is 0.497 e. The minimum Gasteiger partial charge on any atom is -0.497 e. The number of aromatic amines is 1. The number of H-pyrrole nitrogens is 1. The Bertz CT molecular complexity index is 539. The summed E-state index contributed by atoms with van der Waals surface area (Å²) in [4.78, 5) is 15.7. The summed E-state index contributed by atoms with van der Waals surface area (Å²) in [5.41, 5.74) is 0. The van der Waals surface area contributed by atoms with Crippen LogP contribution in [0.1, 0.15) is 18.8 Å². The van der Waals surface area contributed by atoms with Crippen molar-refractivity contribution in [2.24, 2.45) is 0 Å². The molecule has 0 aliphatic carbocycles. The molecule has 1 heterocycles. The molecule has 0 bridgehead atoms. The molecule has 7 heteroatoms. The smallest absolute Gasteiger partial charge is 0.258 e. The lowest BCUT2D eigenvalue weighted by atomic mass is 10.3. The van der Waals surface area contributed by atoms with E-state index >= 15 is 0 Å². The number of hydrogen-bond acceptors (Lipinski definition) is 5. The number of methoxy groups -OCH3 is 1. The van der Waals surface area contributed by atoms with E-state index in [1.165, 1.54) is 6.33 Å². The zero-order valence-corrected chi connectivity index (χ0v) is 11.3. The zero-order valence-electron chi connectivity index (χ0n) is 11.3. The summed E-state index contributed by atoms with van der Waals surface area (Å²) in [5, 5.41) is 9.18. The number of aromatic nitrogens is 3. The first-order chi connectivity index (χ1) is 9.69. The lowest BCUT2D eigenvalue weighted by Crippen LogP contribution is -2.31. The Morgan fingerprint density at radius 1 is 1.35 bits per heavy atom. The average molecular weight is 276 g/mol. The van der Waals surface area contributed by atoms with Gasteiger partial charge in [-0.2, -0.15) is 5.10 Å². The molecular formula is C13H16N4O3. The summed E-state index contributed by atoms with van der Waals surface area (Å²) in [6.07, 6.45) is 1.39. The Balaban J connectivity index is 1.79. The van der Waals surface area contributed by atoms with Crippen LogP contribution in [0.4, 0.5) is 0 Å². The van der Waals surface area contributed by atoms with Crippen LogP contribution < -0.4 is 14.8 Å². The predicted molar refractivity (Wildman–Crippen MR) is 71.4 cm³/mol. The molecule has 1 atom stereocenters. The molecule has 0 aliphatic rings. The monoisotopic (exact) mass is 276 g/mol. The maximum atomic E-state index is 11.7. The van der Waals surface area contributed by atoms with Gasteiger partial charge in [0.05, 0.1) is 13.2 Å². The third-order valence-electron chi connectivity index (χ3n) is 2.65. The van der Waals surface area contributed by atoms with Gasteiger partial charge in [0.1, 0.15) is 23.7 Å². The van der Waals surface area contributed by atoms with Crippen LogP contribution in [-0.2, 0) is 4.79 Å². The van der Waals surface area contributed by atoms with E-state index in [1.54, 1.807) is 31.4 Å². The first-order valence-electron chi connectivity index (χ1n) is 6.10. The van der Waals surface area contributed by atoms with Gasteiger partial charge in [0.25, 0.3) is 5.91 Å². The lowest BCUT2D eigenvalue weighted by Gasteiger charge is -2.12. The highest BCUT2D eigenvalue weighted by atomic mass is 16.5. The molecule has 0 radical (unpaired) electrons. The highest BCUT2D eigenvalue weighted by molar-refractivity contribution is 5.77. The number of rotatable bonds is 6. The van der Waals surface area contributed by atoms with E-state index in [1.807, 2.05) is 6.92 Å². The fourth-order valence-corrected chi connectivity index (χ4v) is 1.60. The van der Waals surface area contributed by atoms with E-state index in [2.05, 4.69) is 20.5 Å². The van der Waals surface area contributed by atoms with E-state index in [4.69, 9.17) is 9.47 Å². The highest BCUT2D eigenvalue weighted by Gasteiger charge is 2.12. The molecular weight excluding hydrogens is 260 g/mol. The normalized spacial score (nSPS) is 11.7. The molecule has 2 rings (SSSR count). The van der Waals surface area contributed by atoms with Crippen LogP contribution >= 0.6 is 0 Å². The second-order valence-corrected chi connectivity index (χ2v) is 4.12. The predicted octanol–water partition coefficient (Wildman–Crippen LogP) is 1.07. The van der Waals surface area contributed by atoms with Gasteiger partial charge >= 0.3 is 0 Å². The summed E-state index contributed by atoms with van der Waals surface area (Å²) in [6, 6.07) is 6.77. The van der Waals surface area contributed by atoms with Gasteiger partial charge in [0.2, 0.25) is 0 Å². The summed E-state index contributed by atoms with van der Waals surface area (Å²) in [5.74, 6) is 1.71. The molecule has 2 aromatic rings. The third-order valence-corrected chi connectivity index (χ3v) is 2.65. The van der Waals surface area contributed by atoms with Gasteiger partial charge in [-0.15, -0.1) is 0 Å². The van der Waals surface area contributed by atoms with Crippen molar-refractivity contribution < 1.29 is 14.3 Å². The van der Waals surface area contributed by atoms with Crippen molar-refractivity contribution in [1.29, 1.82) is 0 Å². The minimum atomic E-state index is -0.246. The zero-order chi connectivity index (χ0) is 14.4. The number of amides is 1. The van der Waals surface area contributed by atoms with Crippen molar-refractivity contribution in [2.75, 3.05) is 13.7 Å². The van der Waals surface area contributed by atoms with Crippen LogP contribution in [0.5, 0.6) is 11.5 Å². The van der Waals surface area contributed by atoms with Crippen molar-refractivity contribution in [3.63, 3.8) is 0 Å². The van der Waals surface area contributed by atoms with Gasteiger partial charge in [-0.25, -0.2) is 4.98 Å². The fraction of sp³-hybridized carbons (Fsp3) is 0.308. The highest BCUT2D eigenvalue weighted by Crippen LogP contribution is 2.16. The number of nitrogens with zero attached hydrogens (tertiary/aromatic N) is 2. The summed E-state index contributed by atoms with van der Waals surface area (Å²) < 4.78 is 10.4. The van der Waals surface area contributed by atoms with Crippen molar-refractivity contribution in [3.05, 3.63) is 36.4 Å². The molecule has 0 spiro atoms. The second kappa shape index (κ2) is 6.55. The third kappa shape index (κ3) is 3.71. The van der Waals surface area contributed by atoms with Crippen LogP contribution in [-0.4, -0.2) is 34.8 Å². The summed E-state index contributed by atoms with van der Waals surface area (Å²) in [6.45, 7) is 1.75. The van der Waals surface area contributed by atoms with Crippen LogP contribution in [0.3, 0.4) is 0 Å². The number of carbonyl (C=O) groups excluding carboxylic acids is 1. The van der Waals surface area contributed by atoms with E-state index in [0.717, 1.165) is 5.75 Å². The summed E-state index contributed by atoms with van der Waals surface area (Å²) in [7, 11) is 1.59. The molecule has 0 saturated heterocycles. The number of benzene rings is 1. The van der Waals surface area contributed by atoms with Crippen LogP contribution in [0.2, 0.25) is 0 Å². The second-order valence-electron chi connectivity index (χ2n) is 4.12. The number of ether oxygens (including phenoxy) is 2. The Kier molecular flexibility index (Phi) is 4.54. The van der Waals surface area contributed by atoms with Crippen LogP contribution in [0.25, 0.3) is 0 Å². The fourth-order valence-electron chi connectivity index (χ4n) is 1.60. The quantitative estimate of drug-likeness (QED) is 0.823. The van der Waals surface area contributed by atoms with Gasteiger partial charge in [0, 0.05) is 0 Å². The van der Waals surface area contributed by atoms with E-state index in [0.29, 0.717) is 11.6 Å². The maximum Gasteiger partial charge on any atom is 0.258 e. The lowest BCUT2D eigenvalue weighted by molar-refractivity contribution is -0.123. The maximum absolute atomic E-state index is 11.7. The molecule has 7 nitrogen and oxygen atoms in total. The minimum absolute atomic E-state index is 0.0647. The van der Waals surface area contributed by atoms with Gasteiger partial charge in [-0.3, -0.25) is 9.89 Å². The van der Waals surface area contributed by atoms with Gasteiger partial charge in [0.15, 0.2) is 6.61 Å². The molecule has 20 heavy (non-hydrogen) atoms. The molecule has 0 aliphatic heterocycles. The van der Waals surface area contributed by atoms with Crippen LogP contribution in [0, 0.1) is 0 Å². The molecule has 1 aromatic heterocycles. The van der Waals surface area contributed by atoms with Gasteiger partial charge in [-0.05, 0) is 31.2 Å². The molecule has 0 fully saturated rings. The Morgan fingerprint density at radius 2 is 2.05 bits per heavy atom. The molecule has 106 valence electrons. The van der Waals surface area contributed by atoms with E-state index < -0.39 is 0 Å². The van der Waals surface area contributed by atoms with Crippen molar-refractivity contribution >= 4 is 5.91 Å². The van der Waals surface area contributed by atoms with Gasteiger partial charge in [-0.1, -0.05) is 0 Å². The SMILES string of the molecule is COc1ccc(OCC(=O)NC(C)c2ncn[nH]2)cc1. The average Bonchev–Trinajstić information content (AvgIpc) is 3.00. The first kappa shape index (κ1) is 13.9. The number of carbonyl (C=O) groups is 1. The Labute approximate surface area is 116 Å². The number of hydrogen-bond donors (Lipinski definition) is 2. The number of nitrogens with one attached hydrogen (secondary N) is 2. The van der Waals surface area contributed by atoms with Crippen molar-refractivity contribution in [2.45, 2.75) is 13.0 Å². The first-order valence-corrected chi connectivity index (χ1v) is 6.10. The molecule has 0 saturated carbocycles. The topological polar surface area (TPSA) is 89.1 Å². The molecule has 1 amide bonds. The molecule has 2 N–H and O–H groups in total. The Hall–Kier alpha value is -2.57. The Morgan fingerprint density at radius 3 is 2.65 bits per heavy atom. The molecule has 1 aromatic carbocycles.